The van der Waals surface area contributed by atoms with Crippen molar-refractivity contribution in [1.82, 2.24) is 9.55 Å². The summed E-state index contributed by atoms with van der Waals surface area (Å²) in [4.78, 5) is 28.7. The number of hydrogen-bond donors (Lipinski definition) is 2. The van der Waals surface area contributed by atoms with Gasteiger partial charge in [0.2, 0.25) is 5.91 Å². The van der Waals surface area contributed by atoms with Gasteiger partial charge < -0.3 is 11.1 Å². The summed E-state index contributed by atoms with van der Waals surface area (Å²) in [6.07, 6.45) is 0. The number of nitrogens with two attached hydrogens (primary N) is 1. The van der Waals surface area contributed by atoms with Gasteiger partial charge in [-0.2, -0.15) is 0 Å². The van der Waals surface area contributed by atoms with Crippen molar-refractivity contribution >= 4 is 40.1 Å². The number of carbonyl (C=O) groups is 2. The first-order valence-electron chi connectivity index (χ1n) is 8.89. The van der Waals surface area contributed by atoms with Gasteiger partial charge in [0, 0.05) is 16.9 Å². The maximum Gasteiger partial charge on any atom is 0.255 e. The molecule has 0 saturated heterocycles. The Morgan fingerprint density at radius 2 is 1.79 bits per heavy atom. The molecule has 3 N–H and O–H groups in total. The number of imidazole rings is 1. The fraction of sp³-hybridized carbons (Fsp3) is 0.0455. The van der Waals surface area contributed by atoms with Crippen LogP contribution < -0.4 is 11.1 Å². The minimum Gasteiger partial charge on any atom is -0.366 e. The third kappa shape index (κ3) is 3.58. The SMILES string of the molecule is Cc1nc2cc(C(=O)Nc3ccc(Cl)c(C(N)=O)c3)ccc2n1-c1ccccc1. The van der Waals surface area contributed by atoms with Crippen LogP contribution in [-0.2, 0) is 0 Å². The second-order valence-electron chi connectivity index (χ2n) is 6.55. The molecule has 0 fully saturated rings. The molecular formula is C22H17ClN4O2. The van der Waals surface area contributed by atoms with Crippen LogP contribution in [0.1, 0.15) is 26.5 Å². The summed E-state index contributed by atoms with van der Waals surface area (Å²) >= 11 is 5.95. The van der Waals surface area contributed by atoms with Crippen LogP contribution in [0.5, 0.6) is 0 Å². The lowest BCUT2D eigenvalue weighted by molar-refractivity contribution is 0.0996. The molecule has 4 rings (SSSR count). The first-order valence-corrected chi connectivity index (χ1v) is 9.27. The molecule has 2 amide bonds. The van der Waals surface area contributed by atoms with E-state index in [-0.39, 0.29) is 16.5 Å². The average molecular weight is 405 g/mol. The molecule has 0 atom stereocenters. The van der Waals surface area contributed by atoms with Crippen molar-refractivity contribution in [3.05, 3.63) is 88.7 Å². The molecule has 4 aromatic rings. The lowest BCUT2D eigenvalue weighted by Gasteiger charge is -2.09. The number of fused-ring (bicyclic) bond motifs is 1. The summed E-state index contributed by atoms with van der Waals surface area (Å²) in [6, 6.07) is 19.8. The van der Waals surface area contributed by atoms with Crippen LogP contribution in [0.3, 0.4) is 0 Å². The van der Waals surface area contributed by atoms with E-state index >= 15 is 0 Å². The van der Waals surface area contributed by atoms with E-state index in [1.807, 2.05) is 47.9 Å². The van der Waals surface area contributed by atoms with E-state index in [0.717, 1.165) is 17.0 Å². The maximum absolute atomic E-state index is 12.7. The number of para-hydroxylation sites is 1. The van der Waals surface area contributed by atoms with E-state index in [4.69, 9.17) is 17.3 Å². The van der Waals surface area contributed by atoms with Crippen molar-refractivity contribution in [2.24, 2.45) is 5.73 Å². The van der Waals surface area contributed by atoms with Crippen LogP contribution in [0.15, 0.2) is 66.7 Å². The van der Waals surface area contributed by atoms with Gasteiger partial charge in [-0.3, -0.25) is 14.2 Å². The molecule has 0 spiro atoms. The number of aromatic nitrogens is 2. The zero-order chi connectivity index (χ0) is 20.5. The molecule has 0 aliphatic rings. The number of halogens is 1. The Labute approximate surface area is 171 Å². The second-order valence-corrected chi connectivity index (χ2v) is 6.95. The van der Waals surface area contributed by atoms with E-state index in [9.17, 15) is 9.59 Å². The van der Waals surface area contributed by atoms with Crippen molar-refractivity contribution in [3.63, 3.8) is 0 Å². The fourth-order valence-corrected chi connectivity index (χ4v) is 3.45. The van der Waals surface area contributed by atoms with E-state index in [2.05, 4.69) is 10.3 Å². The molecule has 7 heteroatoms. The zero-order valence-electron chi connectivity index (χ0n) is 15.5. The Hall–Kier alpha value is -3.64. The topological polar surface area (TPSA) is 90.0 Å². The molecule has 0 saturated carbocycles. The molecule has 0 aliphatic heterocycles. The Kier molecular flexibility index (Phi) is 4.78. The van der Waals surface area contributed by atoms with Crippen LogP contribution in [0.2, 0.25) is 5.02 Å². The Morgan fingerprint density at radius 3 is 2.52 bits per heavy atom. The molecule has 0 unspecified atom stereocenters. The van der Waals surface area contributed by atoms with Crippen LogP contribution in [0.4, 0.5) is 5.69 Å². The molecular weight excluding hydrogens is 388 g/mol. The lowest BCUT2D eigenvalue weighted by Crippen LogP contribution is -2.15. The van der Waals surface area contributed by atoms with Gasteiger partial charge >= 0.3 is 0 Å². The lowest BCUT2D eigenvalue weighted by atomic mass is 10.1. The highest BCUT2D eigenvalue weighted by molar-refractivity contribution is 6.34. The fourth-order valence-electron chi connectivity index (χ4n) is 3.24. The van der Waals surface area contributed by atoms with Gasteiger partial charge in [0.1, 0.15) is 5.82 Å². The molecule has 1 heterocycles. The van der Waals surface area contributed by atoms with Gasteiger partial charge in [0.25, 0.3) is 5.91 Å². The third-order valence-corrected chi connectivity index (χ3v) is 4.92. The van der Waals surface area contributed by atoms with E-state index < -0.39 is 5.91 Å². The maximum atomic E-state index is 12.7. The highest BCUT2D eigenvalue weighted by atomic mass is 35.5. The zero-order valence-corrected chi connectivity index (χ0v) is 16.3. The Balaban J connectivity index is 1.66. The molecule has 6 nitrogen and oxygen atoms in total. The largest absolute Gasteiger partial charge is 0.366 e. The number of carbonyl (C=O) groups excluding carboxylic acids is 2. The number of rotatable bonds is 4. The molecule has 3 aromatic carbocycles. The highest BCUT2D eigenvalue weighted by Gasteiger charge is 2.14. The van der Waals surface area contributed by atoms with Crippen LogP contribution >= 0.6 is 11.6 Å². The number of amides is 2. The van der Waals surface area contributed by atoms with E-state index in [0.29, 0.717) is 16.8 Å². The smallest absolute Gasteiger partial charge is 0.255 e. The van der Waals surface area contributed by atoms with E-state index in [1.54, 1.807) is 18.2 Å². The Bertz CT molecular complexity index is 1250. The third-order valence-electron chi connectivity index (χ3n) is 4.59. The highest BCUT2D eigenvalue weighted by Crippen LogP contribution is 2.24. The van der Waals surface area contributed by atoms with Gasteiger partial charge in [-0.25, -0.2) is 4.98 Å². The summed E-state index contributed by atoms with van der Waals surface area (Å²) < 4.78 is 2.04. The van der Waals surface area contributed by atoms with Crippen LogP contribution in [0.25, 0.3) is 16.7 Å². The number of benzene rings is 3. The van der Waals surface area contributed by atoms with Crippen molar-refractivity contribution < 1.29 is 9.59 Å². The molecule has 29 heavy (non-hydrogen) atoms. The van der Waals surface area contributed by atoms with Crippen molar-refractivity contribution in [2.45, 2.75) is 6.92 Å². The standard InChI is InChI=1S/C22H17ClN4O2/c1-13-25-19-11-14(7-10-20(19)27(13)16-5-3-2-4-6-16)22(29)26-15-8-9-18(23)17(12-15)21(24)28/h2-12H,1H3,(H2,24,28)(H,26,29). The number of nitrogens with zero attached hydrogens (tertiary/aromatic N) is 2. The number of anilines is 1. The van der Waals surface area contributed by atoms with Gasteiger partial charge in [-0.05, 0) is 55.5 Å². The summed E-state index contributed by atoms with van der Waals surface area (Å²) in [7, 11) is 0. The summed E-state index contributed by atoms with van der Waals surface area (Å²) in [5, 5.41) is 2.99. The monoisotopic (exact) mass is 404 g/mol. The molecule has 1 aromatic heterocycles. The number of nitrogens with one attached hydrogen (secondary N) is 1. The van der Waals surface area contributed by atoms with Crippen LogP contribution in [-0.4, -0.2) is 21.4 Å². The molecule has 0 bridgehead atoms. The average Bonchev–Trinajstić information content (AvgIpc) is 3.04. The second kappa shape index (κ2) is 7.41. The van der Waals surface area contributed by atoms with Crippen LogP contribution in [0, 0.1) is 6.92 Å². The number of aryl methyl sites for hydroxylation is 1. The predicted molar refractivity (Wildman–Crippen MR) is 114 cm³/mol. The molecule has 0 aliphatic carbocycles. The quantitative estimate of drug-likeness (QED) is 0.530. The first kappa shape index (κ1) is 18.7. The predicted octanol–water partition coefficient (Wildman–Crippen LogP) is 4.34. The Morgan fingerprint density at radius 1 is 1.03 bits per heavy atom. The van der Waals surface area contributed by atoms with Gasteiger partial charge in [-0.15, -0.1) is 0 Å². The first-order chi connectivity index (χ1) is 13.9. The number of hydrogen-bond acceptors (Lipinski definition) is 3. The minimum atomic E-state index is -0.658. The summed E-state index contributed by atoms with van der Waals surface area (Å²) in [5.41, 5.74) is 8.97. The van der Waals surface area contributed by atoms with Gasteiger partial charge in [-0.1, -0.05) is 29.8 Å². The normalized spacial score (nSPS) is 10.8. The van der Waals surface area contributed by atoms with Crippen molar-refractivity contribution in [2.75, 3.05) is 5.32 Å². The van der Waals surface area contributed by atoms with Crippen molar-refractivity contribution in [1.29, 1.82) is 0 Å². The number of primary amides is 1. The van der Waals surface area contributed by atoms with Crippen molar-refractivity contribution in [3.8, 4) is 5.69 Å². The van der Waals surface area contributed by atoms with Gasteiger partial charge in [0.15, 0.2) is 0 Å². The van der Waals surface area contributed by atoms with Gasteiger partial charge in [0.05, 0.1) is 21.6 Å². The molecule has 144 valence electrons. The van der Waals surface area contributed by atoms with E-state index in [1.165, 1.54) is 12.1 Å². The summed E-state index contributed by atoms with van der Waals surface area (Å²) in [5.74, 6) is -0.154. The summed E-state index contributed by atoms with van der Waals surface area (Å²) in [6.45, 7) is 1.92. The minimum absolute atomic E-state index is 0.150. The molecule has 0 radical (unpaired) electrons.